The molecule has 0 fully saturated rings. The van der Waals surface area contributed by atoms with Crippen molar-refractivity contribution in [1.29, 1.82) is 0 Å². The second-order valence-electron chi connectivity index (χ2n) is 3.74. The van der Waals surface area contributed by atoms with Gasteiger partial charge < -0.3 is 5.32 Å². The fraction of sp³-hybridized carbons (Fsp3) is 1.00. The van der Waals surface area contributed by atoms with Crippen molar-refractivity contribution in [3.63, 3.8) is 0 Å². The van der Waals surface area contributed by atoms with Gasteiger partial charge in [0.1, 0.15) is 0 Å². The Balaban J connectivity index is 3.84. The average Bonchev–Trinajstić information content (AvgIpc) is 2.21. The zero-order valence-corrected chi connectivity index (χ0v) is 10.9. The van der Waals surface area contributed by atoms with Gasteiger partial charge >= 0.3 is 0 Å². The number of sulfonamides is 1. The lowest BCUT2D eigenvalue weighted by atomic mass is 10.3. The summed E-state index contributed by atoms with van der Waals surface area (Å²) in [7, 11) is -1.38. The van der Waals surface area contributed by atoms with Crippen LogP contribution in [0.15, 0.2) is 0 Å². The highest BCUT2D eigenvalue weighted by atomic mass is 32.2. The first kappa shape index (κ1) is 14.9. The lowest BCUT2D eigenvalue weighted by Crippen LogP contribution is -2.34. The quantitative estimate of drug-likeness (QED) is 0.609. The van der Waals surface area contributed by atoms with Gasteiger partial charge in [0, 0.05) is 20.1 Å². The Labute approximate surface area is 94.1 Å². The molecule has 0 aromatic carbocycles. The standard InChI is InChI=1S/C10H24N2O2S/c1-4-6-9-12(3)15(13,14)10-8-11-7-5-2/h11H,4-10H2,1-3H3. The van der Waals surface area contributed by atoms with E-state index >= 15 is 0 Å². The molecule has 0 aliphatic heterocycles. The van der Waals surface area contributed by atoms with E-state index in [1.54, 1.807) is 7.05 Å². The van der Waals surface area contributed by atoms with E-state index in [4.69, 9.17) is 0 Å². The minimum absolute atomic E-state index is 0.202. The molecular weight excluding hydrogens is 212 g/mol. The van der Waals surface area contributed by atoms with Crippen molar-refractivity contribution in [3.05, 3.63) is 0 Å². The van der Waals surface area contributed by atoms with Gasteiger partial charge in [-0.3, -0.25) is 0 Å². The molecule has 5 heteroatoms. The zero-order valence-electron chi connectivity index (χ0n) is 10.1. The summed E-state index contributed by atoms with van der Waals surface area (Å²) < 4.78 is 24.8. The highest BCUT2D eigenvalue weighted by Crippen LogP contribution is 2.00. The van der Waals surface area contributed by atoms with Crippen LogP contribution in [0.5, 0.6) is 0 Å². The van der Waals surface area contributed by atoms with Gasteiger partial charge in [0.25, 0.3) is 0 Å². The Kier molecular flexibility index (Phi) is 8.00. The fourth-order valence-corrected chi connectivity index (χ4v) is 2.30. The molecule has 0 saturated heterocycles. The third kappa shape index (κ3) is 6.87. The third-order valence-corrected chi connectivity index (χ3v) is 4.12. The summed E-state index contributed by atoms with van der Waals surface area (Å²) in [5.74, 6) is 0.202. The van der Waals surface area contributed by atoms with Crippen molar-refractivity contribution in [2.75, 3.05) is 32.4 Å². The normalized spacial score (nSPS) is 12.3. The van der Waals surface area contributed by atoms with Crippen LogP contribution in [0.2, 0.25) is 0 Å². The van der Waals surface area contributed by atoms with Crippen LogP contribution in [-0.2, 0) is 10.0 Å². The zero-order chi connectivity index (χ0) is 11.7. The van der Waals surface area contributed by atoms with Crippen LogP contribution in [0.25, 0.3) is 0 Å². The van der Waals surface area contributed by atoms with Gasteiger partial charge in [-0.2, -0.15) is 0 Å². The Hall–Kier alpha value is -0.130. The molecule has 0 aliphatic carbocycles. The van der Waals surface area contributed by atoms with Gasteiger partial charge in [0.2, 0.25) is 10.0 Å². The van der Waals surface area contributed by atoms with Crippen molar-refractivity contribution in [2.45, 2.75) is 33.1 Å². The van der Waals surface area contributed by atoms with Crippen molar-refractivity contribution in [2.24, 2.45) is 0 Å². The van der Waals surface area contributed by atoms with Crippen molar-refractivity contribution < 1.29 is 8.42 Å². The van der Waals surface area contributed by atoms with E-state index in [9.17, 15) is 8.42 Å². The first-order valence-corrected chi connectivity index (χ1v) is 7.30. The van der Waals surface area contributed by atoms with Gasteiger partial charge in [0.05, 0.1) is 5.75 Å². The SMILES string of the molecule is CCCCN(C)S(=O)(=O)CCNCCC. The fourth-order valence-electron chi connectivity index (χ4n) is 1.18. The van der Waals surface area contributed by atoms with E-state index in [2.05, 4.69) is 19.2 Å². The Bertz CT molecular complexity index is 240. The molecule has 0 saturated carbocycles. The summed E-state index contributed by atoms with van der Waals surface area (Å²) in [6.45, 7) is 6.19. The lowest BCUT2D eigenvalue weighted by Gasteiger charge is -2.16. The molecule has 15 heavy (non-hydrogen) atoms. The number of hydrogen-bond donors (Lipinski definition) is 1. The Morgan fingerprint density at radius 1 is 1.13 bits per heavy atom. The van der Waals surface area contributed by atoms with Crippen molar-refractivity contribution >= 4 is 10.0 Å². The van der Waals surface area contributed by atoms with Crippen LogP contribution in [0, 0.1) is 0 Å². The van der Waals surface area contributed by atoms with Crippen LogP contribution in [-0.4, -0.2) is 45.2 Å². The molecule has 0 atom stereocenters. The highest BCUT2D eigenvalue weighted by molar-refractivity contribution is 7.89. The predicted octanol–water partition coefficient (Wildman–Crippen LogP) is 1.05. The van der Waals surface area contributed by atoms with Gasteiger partial charge in [-0.15, -0.1) is 0 Å². The van der Waals surface area contributed by atoms with Crippen molar-refractivity contribution in [1.82, 2.24) is 9.62 Å². The average molecular weight is 236 g/mol. The number of nitrogens with one attached hydrogen (secondary N) is 1. The molecule has 0 aliphatic rings. The minimum atomic E-state index is -3.04. The number of rotatable bonds is 9. The van der Waals surface area contributed by atoms with E-state index in [1.165, 1.54) is 4.31 Å². The maximum absolute atomic E-state index is 11.7. The maximum atomic E-state index is 11.7. The van der Waals surface area contributed by atoms with E-state index in [-0.39, 0.29) is 5.75 Å². The molecule has 0 spiro atoms. The van der Waals surface area contributed by atoms with E-state index < -0.39 is 10.0 Å². The summed E-state index contributed by atoms with van der Waals surface area (Å²) in [5, 5.41) is 3.10. The van der Waals surface area contributed by atoms with Gasteiger partial charge in [-0.25, -0.2) is 12.7 Å². The van der Waals surface area contributed by atoms with Crippen LogP contribution >= 0.6 is 0 Å². The highest BCUT2D eigenvalue weighted by Gasteiger charge is 2.15. The van der Waals surface area contributed by atoms with E-state index in [0.29, 0.717) is 13.1 Å². The summed E-state index contributed by atoms with van der Waals surface area (Å²) in [6.07, 6.45) is 2.98. The largest absolute Gasteiger partial charge is 0.316 e. The Morgan fingerprint density at radius 3 is 2.33 bits per heavy atom. The second-order valence-corrected chi connectivity index (χ2v) is 5.94. The van der Waals surface area contributed by atoms with Crippen LogP contribution < -0.4 is 5.32 Å². The number of unbranched alkanes of at least 4 members (excludes halogenated alkanes) is 1. The van der Waals surface area contributed by atoms with Crippen LogP contribution in [0.3, 0.4) is 0 Å². The van der Waals surface area contributed by atoms with Crippen LogP contribution in [0.4, 0.5) is 0 Å². The molecular formula is C10H24N2O2S. The van der Waals surface area contributed by atoms with Gasteiger partial charge in [-0.05, 0) is 19.4 Å². The van der Waals surface area contributed by atoms with Gasteiger partial charge in [0.15, 0.2) is 0 Å². The van der Waals surface area contributed by atoms with Crippen LogP contribution in [0.1, 0.15) is 33.1 Å². The topological polar surface area (TPSA) is 49.4 Å². The molecule has 0 radical (unpaired) electrons. The number of hydrogen-bond acceptors (Lipinski definition) is 3. The summed E-state index contributed by atoms with van der Waals surface area (Å²) in [4.78, 5) is 0. The summed E-state index contributed by atoms with van der Waals surface area (Å²) in [5.41, 5.74) is 0. The second kappa shape index (κ2) is 8.07. The molecule has 0 rings (SSSR count). The smallest absolute Gasteiger partial charge is 0.215 e. The van der Waals surface area contributed by atoms with Crippen molar-refractivity contribution in [3.8, 4) is 0 Å². The lowest BCUT2D eigenvalue weighted by molar-refractivity contribution is 0.458. The summed E-state index contributed by atoms with van der Waals surface area (Å²) in [6, 6.07) is 0. The first-order valence-electron chi connectivity index (χ1n) is 5.69. The number of nitrogens with zero attached hydrogens (tertiary/aromatic N) is 1. The molecule has 0 bridgehead atoms. The predicted molar refractivity (Wildman–Crippen MR) is 64.5 cm³/mol. The summed E-state index contributed by atoms with van der Waals surface area (Å²) >= 11 is 0. The molecule has 1 N–H and O–H groups in total. The molecule has 0 aromatic rings. The minimum Gasteiger partial charge on any atom is -0.316 e. The van der Waals surface area contributed by atoms with E-state index in [1.807, 2.05) is 0 Å². The Morgan fingerprint density at radius 2 is 1.80 bits per heavy atom. The monoisotopic (exact) mass is 236 g/mol. The third-order valence-electron chi connectivity index (χ3n) is 2.26. The molecule has 0 amide bonds. The maximum Gasteiger partial charge on any atom is 0.215 e. The van der Waals surface area contributed by atoms with E-state index in [0.717, 1.165) is 25.8 Å². The molecule has 0 heterocycles. The molecule has 4 nitrogen and oxygen atoms in total. The molecule has 92 valence electrons. The molecule has 0 unspecified atom stereocenters. The first-order chi connectivity index (χ1) is 7.04. The molecule has 0 aromatic heterocycles. The van der Waals surface area contributed by atoms with Gasteiger partial charge in [-0.1, -0.05) is 20.3 Å².